The van der Waals surface area contributed by atoms with Gasteiger partial charge < -0.3 is 4.90 Å². The Morgan fingerprint density at radius 2 is 1.97 bits per heavy atom. The van der Waals surface area contributed by atoms with E-state index < -0.39 is 17.8 Å². The average molecular weight is 437 g/mol. The summed E-state index contributed by atoms with van der Waals surface area (Å²) in [5.41, 5.74) is -0.782. The second-order valence-electron chi connectivity index (χ2n) is 7.34. The van der Waals surface area contributed by atoms with Crippen molar-refractivity contribution in [3.63, 3.8) is 0 Å². The summed E-state index contributed by atoms with van der Waals surface area (Å²) in [7, 11) is 0. The number of hydrogen-bond donors (Lipinski definition) is 0. The van der Waals surface area contributed by atoms with Crippen LogP contribution < -0.4 is 0 Å². The van der Waals surface area contributed by atoms with Gasteiger partial charge in [0.25, 0.3) is 5.91 Å². The minimum Gasteiger partial charge on any atom is -0.334 e. The van der Waals surface area contributed by atoms with Crippen LogP contribution in [0, 0.1) is 0 Å². The number of amides is 1. The van der Waals surface area contributed by atoms with E-state index in [-0.39, 0.29) is 28.1 Å². The Bertz CT molecular complexity index is 1080. The third kappa shape index (κ3) is 3.64. The minimum absolute atomic E-state index is 0.0297. The van der Waals surface area contributed by atoms with Gasteiger partial charge in [-0.25, -0.2) is 9.50 Å². The van der Waals surface area contributed by atoms with Gasteiger partial charge in [-0.3, -0.25) is 4.79 Å². The van der Waals surface area contributed by atoms with Crippen molar-refractivity contribution < 1.29 is 18.0 Å². The smallest absolute Gasteiger partial charge is 0.334 e. The van der Waals surface area contributed by atoms with Crippen LogP contribution >= 0.6 is 11.6 Å². The molecule has 5 nitrogen and oxygen atoms in total. The SMILES string of the molecule is CC[C@@H]1CCCCN1C(=O)c1nn2c(C(F)(F)F)cc(-c3ccccc3)nc2c1Cl. The average Bonchev–Trinajstić information content (AvgIpc) is 3.09. The molecule has 1 atom stereocenters. The van der Waals surface area contributed by atoms with Crippen LogP contribution in [0.15, 0.2) is 36.4 Å². The van der Waals surface area contributed by atoms with Crippen molar-refractivity contribution in [1.82, 2.24) is 19.5 Å². The van der Waals surface area contributed by atoms with Gasteiger partial charge >= 0.3 is 6.18 Å². The maximum Gasteiger partial charge on any atom is 0.433 e. The van der Waals surface area contributed by atoms with Gasteiger partial charge in [-0.05, 0) is 31.7 Å². The Kier molecular flexibility index (Phi) is 5.44. The third-order valence-electron chi connectivity index (χ3n) is 5.45. The molecule has 1 amide bonds. The van der Waals surface area contributed by atoms with Gasteiger partial charge in [-0.2, -0.15) is 18.3 Å². The molecule has 0 spiro atoms. The van der Waals surface area contributed by atoms with Crippen LogP contribution in [-0.4, -0.2) is 38.0 Å². The number of nitrogens with zero attached hydrogens (tertiary/aromatic N) is 4. The van der Waals surface area contributed by atoms with Crippen LogP contribution in [0.5, 0.6) is 0 Å². The Balaban J connectivity index is 1.87. The quantitative estimate of drug-likeness (QED) is 0.546. The predicted octanol–water partition coefficient (Wildman–Crippen LogP) is 5.47. The van der Waals surface area contributed by atoms with E-state index in [1.165, 1.54) is 0 Å². The highest BCUT2D eigenvalue weighted by atomic mass is 35.5. The van der Waals surface area contributed by atoms with E-state index in [1.54, 1.807) is 35.2 Å². The first-order chi connectivity index (χ1) is 14.3. The van der Waals surface area contributed by atoms with E-state index in [0.717, 1.165) is 31.7 Å². The first-order valence-electron chi connectivity index (χ1n) is 9.84. The Morgan fingerprint density at radius 3 is 2.63 bits per heavy atom. The van der Waals surface area contributed by atoms with Gasteiger partial charge in [-0.1, -0.05) is 48.9 Å². The van der Waals surface area contributed by atoms with E-state index in [9.17, 15) is 18.0 Å². The van der Waals surface area contributed by atoms with Crippen molar-refractivity contribution >= 4 is 23.2 Å². The number of alkyl halides is 3. The summed E-state index contributed by atoms with van der Waals surface area (Å²) in [4.78, 5) is 19.1. The maximum absolute atomic E-state index is 13.8. The van der Waals surface area contributed by atoms with Gasteiger partial charge in [0.1, 0.15) is 5.02 Å². The first-order valence-corrected chi connectivity index (χ1v) is 10.2. The van der Waals surface area contributed by atoms with Crippen molar-refractivity contribution in [3.8, 4) is 11.3 Å². The molecule has 0 bridgehead atoms. The maximum atomic E-state index is 13.8. The molecular formula is C21H20ClF3N4O. The van der Waals surface area contributed by atoms with Gasteiger partial charge in [0, 0.05) is 18.2 Å². The topological polar surface area (TPSA) is 50.5 Å². The molecule has 1 fully saturated rings. The van der Waals surface area contributed by atoms with Gasteiger partial charge in [-0.15, -0.1) is 0 Å². The largest absolute Gasteiger partial charge is 0.433 e. The summed E-state index contributed by atoms with van der Waals surface area (Å²) in [5, 5.41) is 3.81. The molecule has 1 aliphatic heterocycles. The summed E-state index contributed by atoms with van der Waals surface area (Å²) < 4.78 is 42.0. The Hall–Kier alpha value is -2.61. The molecule has 158 valence electrons. The molecule has 9 heteroatoms. The molecule has 30 heavy (non-hydrogen) atoms. The van der Waals surface area contributed by atoms with Crippen molar-refractivity contribution in [2.75, 3.05) is 6.54 Å². The summed E-state index contributed by atoms with van der Waals surface area (Å²) in [5.74, 6) is -0.452. The number of hydrogen-bond acceptors (Lipinski definition) is 3. The fourth-order valence-electron chi connectivity index (χ4n) is 3.92. The minimum atomic E-state index is -4.70. The predicted molar refractivity (Wildman–Crippen MR) is 107 cm³/mol. The lowest BCUT2D eigenvalue weighted by atomic mass is 9.99. The lowest BCUT2D eigenvalue weighted by Crippen LogP contribution is -2.43. The Morgan fingerprint density at radius 1 is 1.23 bits per heavy atom. The molecule has 0 unspecified atom stereocenters. The molecule has 0 saturated carbocycles. The molecule has 1 saturated heterocycles. The number of aromatic nitrogens is 3. The van der Waals surface area contributed by atoms with Crippen molar-refractivity contribution in [3.05, 3.63) is 52.8 Å². The van der Waals surface area contributed by atoms with Crippen LogP contribution in [0.25, 0.3) is 16.9 Å². The highest BCUT2D eigenvalue weighted by Gasteiger charge is 2.37. The highest BCUT2D eigenvalue weighted by molar-refractivity contribution is 6.36. The van der Waals surface area contributed by atoms with E-state index in [4.69, 9.17) is 11.6 Å². The van der Waals surface area contributed by atoms with E-state index >= 15 is 0 Å². The molecule has 2 aromatic heterocycles. The summed E-state index contributed by atoms with van der Waals surface area (Å²) in [6.07, 6.45) is -1.21. The molecule has 3 heterocycles. The second kappa shape index (κ2) is 7.91. The number of fused-ring (bicyclic) bond motifs is 1. The molecule has 0 radical (unpaired) electrons. The van der Waals surface area contributed by atoms with Crippen LogP contribution in [0.1, 0.15) is 48.8 Å². The normalized spacial score (nSPS) is 17.5. The van der Waals surface area contributed by atoms with Crippen LogP contribution in [0.2, 0.25) is 5.02 Å². The number of likely N-dealkylation sites (tertiary alicyclic amines) is 1. The third-order valence-corrected chi connectivity index (χ3v) is 5.80. The molecule has 1 aromatic carbocycles. The van der Waals surface area contributed by atoms with E-state index in [1.807, 2.05) is 6.92 Å². The summed E-state index contributed by atoms with van der Waals surface area (Å²) in [6.45, 7) is 2.52. The summed E-state index contributed by atoms with van der Waals surface area (Å²) in [6, 6.07) is 9.46. The zero-order valence-electron chi connectivity index (χ0n) is 16.3. The van der Waals surface area contributed by atoms with Crippen molar-refractivity contribution in [1.29, 1.82) is 0 Å². The molecule has 4 rings (SSSR count). The van der Waals surface area contributed by atoms with Gasteiger partial charge in [0.2, 0.25) is 0 Å². The van der Waals surface area contributed by atoms with Gasteiger partial charge in [0.05, 0.1) is 5.69 Å². The lowest BCUT2D eigenvalue weighted by Gasteiger charge is -2.34. The van der Waals surface area contributed by atoms with Crippen molar-refractivity contribution in [2.45, 2.75) is 44.8 Å². The fraction of sp³-hybridized carbons (Fsp3) is 0.381. The van der Waals surface area contributed by atoms with Crippen LogP contribution in [0.3, 0.4) is 0 Å². The van der Waals surface area contributed by atoms with Crippen LogP contribution in [-0.2, 0) is 6.18 Å². The Labute approximate surface area is 176 Å². The van der Waals surface area contributed by atoms with Crippen LogP contribution in [0.4, 0.5) is 13.2 Å². The molecular weight excluding hydrogens is 417 g/mol. The fourth-order valence-corrected chi connectivity index (χ4v) is 4.16. The number of carbonyl (C=O) groups is 1. The zero-order valence-corrected chi connectivity index (χ0v) is 17.0. The summed E-state index contributed by atoms with van der Waals surface area (Å²) >= 11 is 6.38. The van der Waals surface area contributed by atoms with E-state index in [2.05, 4.69) is 10.1 Å². The number of rotatable bonds is 3. The molecule has 0 aliphatic carbocycles. The lowest BCUT2D eigenvalue weighted by molar-refractivity contribution is -0.142. The first kappa shape index (κ1) is 20.7. The highest BCUT2D eigenvalue weighted by Crippen LogP contribution is 2.35. The van der Waals surface area contributed by atoms with Gasteiger partial charge in [0.15, 0.2) is 17.0 Å². The monoisotopic (exact) mass is 436 g/mol. The number of halogens is 4. The number of benzene rings is 1. The second-order valence-corrected chi connectivity index (χ2v) is 7.72. The number of carbonyl (C=O) groups excluding carboxylic acids is 1. The molecule has 3 aromatic rings. The van der Waals surface area contributed by atoms with Crippen molar-refractivity contribution in [2.24, 2.45) is 0 Å². The molecule has 1 aliphatic rings. The zero-order chi connectivity index (χ0) is 21.5. The standard InChI is InChI=1S/C21H20ClF3N4O/c1-2-14-10-6-7-11-28(14)20(30)18-17(22)19-26-15(13-8-4-3-5-9-13)12-16(21(23,24)25)29(19)27-18/h3-5,8-9,12,14H,2,6-7,10-11H2,1H3/t14-/m1/s1. The van der Waals surface area contributed by atoms with E-state index in [0.29, 0.717) is 16.6 Å². The number of piperidine rings is 1. The molecule has 0 N–H and O–H groups in total.